The van der Waals surface area contributed by atoms with Crippen molar-refractivity contribution in [1.29, 1.82) is 0 Å². The fourth-order valence-electron chi connectivity index (χ4n) is 2.41. The molecule has 0 aliphatic carbocycles. The van der Waals surface area contributed by atoms with Crippen LogP contribution in [0.4, 0.5) is 0 Å². The maximum atomic E-state index is 12.4. The molecule has 1 aromatic carbocycles. The Morgan fingerprint density at radius 2 is 1.57 bits per heavy atom. The molecule has 0 aliphatic rings. The number of phenols is 1. The van der Waals surface area contributed by atoms with Crippen LogP contribution >= 0.6 is 0 Å². The van der Waals surface area contributed by atoms with Gasteiger partial charge in [-0.1, -0.05) is 26.0 Å². The van der Waals surface area contributed by atoms with E-state index >= 15 is 0 Å². The summed E-state index contributed by atoms with van der Waals surface area (Å²) in [6.45, 7) is 3.28. The maximum Gasteiger partial charge on any atom is 0.326 e. The van der Waals surface area contributed by atoms with Crippen molar-refractivity contribution in [2.24, 2.45) is 11.7 Å². The highest BCUT2D eigenvalue weighted by Gasteiger charge is 2.30. The summed E-state index contributed by atoms with van der Waals surface area (Å²) in [4.78, 5) is 46.6. The van der Waals surface area contributed by atoms with Crippen LogP contribution in [0.2, 0.25) is 0 Å². The molecule has 0 spiro atoms. The molecule has 154 valence electrons. The number of rotatable bonds is 10. The van der Waals surface area contributed by atoms with E-state index in [0.717, 1.165) is 0 Å². The predicted molar refractivity (Wildman–Crippen MR) is 98.4 cm³/mol. The molecule has 10 heteroatoms. The Morgan fingerprint density at radius 1 is 1.00 bits per heavy atom. The molecule has 0 heterocycles. The van der Waals surface area contributed by atoms with Crippen molar-refractivity contribution < 1.29 is 34.5 Å². The SMILES string of the molecule is CC(C)[C@H](NC(=O)[C@@H](N)Cc1ccc(O)cc1)C(=O)N[C@@H](CC(=O)O)C(=O)O. The number of carboxylic acid groups (broad SMARTS) is 2. The lowest BCUT2D eigenvalue weighted by Gasteiger charge is -2.25. The summed E-state index contributed by atoms with van der Waals surface area (Å²) in [6, 6.07) is 2.45. The minimum Gasteiger partial charge on any atom is -0.508 e. The lowest BCUT2D eigenvalue weighted by atomic mass is 10.0. The van der Waals surface area contributed by atoms with E-state index < -0.39 is 54.2 Å². The molecular weight excluding hydrogens is 370 g/mol. The average molecular weight is 395 g/mol. The quantitative estimate of drug-likeness (QED) is 0.305. The number of nitrogens with one attached hydrogen (secondary N) is 2. The largest absolute Gasteiger partial charge is 0.508 e. The van der Waals surface area contributed by atoms with Crippen LogP contribution in [0.1, 0.15) is 25.8 Å². The van der Waals surface area contributed by atoms with Crippen LogP contribution in [0, 0.1) is 5.92 Å². The molecule has 0 aliphatic heterocycles. The Labute approximate surface area is 161 Å². The van der Waals surface area contributed by atoms with Crippen LogP contribution in [-0.4, -0.2) is 57.2 Å². The first-order valence-corrected chi connectivity index (χ1v) is 8.60. The van der Waals surface area contributed by atoms with Crippen molar-refractivity contribution in [1.82, 2.24) is 10.6 Å². The number of hydrogen-bond acceptors (Lipinski definition) is 6. The second kappa shape index (κ2) is 10.3. The van der Waals surface area contributed by atoms with Gasteiger partial charge in [-0.05, 0) is 30.0 Å². The van der Waals surface area contributed by atoms with Crippen molar-refractivity contribution in [3.05, 3.63) is 29.8 Å². The Hall–Kier alpha value is -3.14. The molecule has 3 atom stereocenters. The summed E-state index contributed by atoms with van der Waals surface area (Å²) < 4.78 is 0. The highest BCUT2D eigenvalue weighted by molar-refractivity contribution is 5.93. The predicted octanol–water partition coefficient (Wildman–Crippen LogP) is -0.553. The van der Waals surface area contributed by atoms with E-state index in [1.54, 1.807) is 26.0 Å². The number of amides is 2. The van der Waals surface area contributed by atoms with Gasteiger partial charge in [-0.25, -0.2) is 4.79 Å². The molecule has 0 saturated heterocycles. The third-order valence-electron chi connectivity index (χ3n) is 3.97. The molecule has 2 amide bonds. The van der Waals surface area contributed by atoms with Crippen LogP contribution in [0.15, 0.2) is 24.3 Å². The van der Waals surface area contributed by atoms with Gasteiger partial charge in [0.15, 0.2) is 0 Å². The van der Waals surface area contributed by atoms with Crippen LogP contribution in [0.5, 0.6) is 5.75 Å². The second-order valence-corrected chi connectivity index (χ2v) is 6.70. The summed E-state index contributed by atoms with van der Waals surface area (Å²) in [5, 5.41) is 31.7. The van der Waals surface area contributed by atoms with Gasteiger partial charge >= 0.3 is 11.9 Å². The van der Waals surface area contributed by atoms with E-state index in [-0.39, 0.29) is 12.2 Å². The van der Waals surface area contributed by atoms with E-state index in [4.69, 9.17) is 15.9 Å². The summed E-state index contributed by atoms with van der Waals surface area (Å²) in [5.74, 6) is -4.63. The molecular formula is C18H25N3O7. The van der Waals surface area contributed by atoms with Gasteiger partial charge in [-0.3, -0.25) is 14.4 Å². The van der Waals surface area contributed by atoms with Gasteiger partial charge in [-0.15, -0.1) is 0 Å². The number of carbonyl (C=O) groups is 4. The first-order valence-electron chi connectivity index (χ1n) is 8.60. The van der Waals surface area contributed by atoms with Crippen molar-refractivity contribution in [3.8, 4) is 5.75 Å². The fraction of sp³-hybridized carbons (Fsp3) is 0.444. The lowest BCUT2D eigenvalue weighted by Crippen LogP contribution is -2.56. The van der Waals surface area contributed by atoms with Crippen molar-refractivity contribution in [2.45, 2.75) is 44.8 Å². The van der Waals surface area contributed by atoms with Crippen molar-refractivity contribution >= 4 is 23.8 Å². The van der Waals surface area contributed by atoms with E-state index in [1.165, 1.54) is 12.1 Å². The standard InChI is InChI=1S/C18H25N3O7/c1-9(2)15(17(26)20-13(18(27)28)8-14(23)24)21-16(25)12(19)7-10-3-5-11(22)6-4-10/h3-6,9,12-13,15,22H,7-8,19H2,1-2H3,(H,20,26)(H,21,25)(H,23,24)(H,27,28)/t12-,13-,15-/m0/s1. The minimum absolute atomic E-state index is 0.0765. The monoisotopic (exact) mass is 395 g/mol. The summed E-state index contributed by atoms with van der Waals surface area (Å²) in [7, 11) is 0. The molecule has 10 nitrogen and oxygen atoms in total. The van der Waals surface area contributed by atoms with E-state index in [9.17, 15) is 24.3 Å². The van der Waals surface area contributed by atoms with Crippen LogP contribution < -0.4 is 16.4 Å². The topological polar surface area (TPSA) is 179 Å². The molecule has 1 aromatic rings. The van der Waals surface area contributed by atoms with E-state index in [2.05, 4.69) is 10.6 Å². The maximum absolute atomic E-state index is 12.4. The molecule has 0 bridgehead atoms. The molecule has 7 N–H and O–H groups in total. The number of nitrogens with two attached hydrogens (primary N) is 1. The third-order valence-corrected chi connectivity index (χ3v) is 3.97. The van der Waals surface area contributed by atoms with Crippen LogP contribution in [0.3, 0.4) is 0 Å². The normalized spacial score (nSPS) is 14.0. The number of carboxylic acids is 2. The fourth-order valence-corrected chi connectivity index (χ4v) is 2.41. The molecule has 0 fully saturated rings. The minimum atomic E-state index is -1.62. The third kappa shape index (κ3) is 7.23. The Balaban J connectivity index is 2.77. The Bertz CT molecular complexity index is 718. The first-order chi connectivity index (χ1) is 13.0. The lowest BCUT2D eigenvalue weighted by molar-refractivity contribution is -0.147. The number of aliphatic carboxylic acids is 2. The zero-order valence-electron chi connectivity index (χ0n) is 15.6. The summed E-state index contributed by atoms with van der Waals surface area (Å²) >= 11 is 0. The Kier molecular flexibility index (Phi) is 8.39. The van der Waals surface area contributed by atoms with Crippen molar-refractivity contribution in [2.75, 3.05) is 0 Å². The second-order valence-electron chi connectivity index (χ2n) is 6.70. The van der Waals surface area contributed by atoms with Gasteiger partial charge < -0.3 is 31.7 Å². The summed E-state index contributed by atoms with van der Waals surface area (Å²) in [6.07, 6.45) is -0.629. The molecule has 0 saturated carbocycles. The zero-order valence-corrected chi connectivity index (χ0v) is 15.6. The Morgan fingerprint density at radius 3 is 2.04 bits per heavy atom. The molecule has 0 aromatic heterocycles. The van der Waals surface area contributed by atoms with E-state index in [0.29, 0.717) is 5.56 Å². The highest BCUT2D eigenvalue weighted by Crippen LogP contribution is 2.11. The van der Waals surface area contributed by atoms with Gasteiger partial charge in [0, 0.05) is 0 Å². The first kappa shape index (κ1) is 22.9. The smallest absolute Gasteiger partial charge is 0.326 e. The summed E-state index contributed by atoms with van der Waals surface area (Å²) in [5.41, 5.74) is 6.58. The average Bonchev–Trinajstić information content (AvgIpc) is 2.59. The number of hydrogen-bond donors (Lipinski definition) is 6. The molecule has 1 rings (SSSR count). The van der Waals surface area contributed by atoms with Gasteiger partial charge in [0.05, 0.1) is 12.5 Å². The van der Waals surface area contributed by atoms with Gasteiger partial charge in [0.1, 0.15) is 17.8 Å². The molecule has 0 radical (unpaired) electrons. The van der Waals surface area contributed by atoms with Crippen LogP contribution in [-0.2, 0) is 25.6 Å². The van der Waals surface area contributed by atoms with E-state index in [1.807, 2.05) is 0 Å². The number of aromatic hydroxyl groups is 1. The van der Waals surface area contributed by atoms with Gasteiger partial charge in [0.25, 0.3) is 0 Å². The number of benzene rings is 1. The zero-order chi connectivity index (χ0) is 21.4. The number of phenolic OH excluding ortho intramolecular Hbond substituents is 1. The number of carbonyl (C=O) groups excluding carboxylic acids is 2. The highest BCUT2D eigenvalue weighted by atomic mass is 16.4. The molecule has 28 heavy (non-hydrogen) atoms. The van der Waals surface area contributed by atoms with Crippen LogP contribution in [0.25, 0.3) is 0 Å². The van der Waals surface area contributed by atoms with Gasteiger partial charge in [0.2, 0.25) is 11.8 Å². The molecule has 0 unspecified atom stereocenters. The van der Waals surface area contributed by atoms with Gasteiger partial charge in [-0.2, -0.15) is 0 Å². The van der Waals surface area contributed by atoms with Crippen molar-refractivity contribution in [3.63, 3.8) is 0 Å².